The Morgan fingerprint density at radius 2 is 1.95 bits per heavy atom. The summed E-state index contributed by atoms with van der Waals surface area (Å²) in [6.07, 6.45) is -4.70. The Bertz CT molecular complexity index is 528. The fourth-order valence-electron chi connectivity index (χ4n) is 1.35. The minimum Gasteiger partial charge on any atom is -0.497 e. The molecule has 1 aromatic carbocycles. The van der Waals surface area contributed by atoms with Crippen LogP contribution in [-0.2, 0) is 15.8 Å². The first-order valence-corrected chi connectivity index (χ1v) is 5.45. The smallest absolute Gasteiger partial charge is 0.418 e. The van der Waals surface area contributed by atoms with Gasteiger partial charge in [-0.25, -0.2) is 0 Å². The quantitative estimate of drug-likeness (QED) is 0.835. The third kappa shape index (κ3) is 3.62. The van der Waals surface area contributed by atoms with Crippen LogP contribution >= 0.6 is 0 Å². The van der Waals surface area contributed by atoms with Crippen molar-refractivity contribution < 1.29 is 32.6 Å². The maximum absolute atomic E-state index is 12.9. The number of hydrogen-bond acceptors (Lipinski definition) is 3. The second-order valence-electron chi connectivity index (χ2n) is 3.96. The van der Waals surface area contributed by atoms with Gasteiger partial charge in [-0.05, 0) is 25.1 Å². The molecule has 8 heteroatoms. The zero-order valence-electron chi connectivity index (χ0n) is 10.6. The molecular formula is C12H12F3NO4. The number of rotatable bonds is 4. The van der Waals surface area contributed by atoms with Crippen molar-refractivity contribution in [3.05, 3.63) is 23.8 Å². The van der Waals surface area contributed by atoms with Gasteiger partial charge >= 0.3 is 12.1 Å². The van der Waals surface area contributed by atoms with Crippen LogP contribution in [0, 0.1) is 5.92 Å². The lowest BCUT2D eigenvalue weighted by Crippen LogP contribution is -2.28. The van der Waals surface area contributed by atoms with E-state index < -0.39 is 35.2 Å². The molecule has 0 fully saturated rings. The monoisotopic (exact) mass is 291 g/mol. The number of hydrogen-bond donors (Lipinski definition) is 2. The highest BCUT2D eigenvalue weighted by molar-refractivity contribution is 6.04. The molecule has 1 atom stereocenters. The summed E-state index contributed by atoms with van der Waals surface area (Å²) in [5.74, 6) is -3.95. The average Bonchev–Trinajstić information content (AvgIpc) is 2.36. The van der Waals surface area contributed by atoms with Gasteiger partial charge in [0.25, 0.3) is 0 Å². The SMILES string of the molecule is COc1ccc(NC(=O)C(C)C(=O)O)c(C(F)(F)F)c1. The molecule has 0 heterocycles. The van der Waals surface area contributed by atoms with Crippen LogP contribution in [0.2, 0.25) is 0 Å². The molecule has 110 valence electrons. The van der Waals surface area contributed by atoms with Gasteiger partial charge in [-0.3, -0.25) is 9.59 Å². The molecule has 2 N–H and O–H groups in total. The Hall–Kier alpha value is -2.25. The molecule has 0 aliphatic heterocycles. The molecule has 1 amide bonds. The first kappa shape index (κ1) is 15.8. The van der Waals surface area contributed by atoms with Crippen molar-refractivity contribution in [2.24, 2.45) is 5.92 Å². The van der Waals surface area contributed by atoms with Gasteiger partial charge in [0.2, 0.25) is 5.91 Å². The van der Waals surface area contributed by atoms with Gasteiger partial charge in [0.15, 0.2) is 0 Å². The molecule has 0 aliphatic rings. The molecule has 0 bridgehead atoms. The van der Waals surface area contributed by atoms with E-state index in [0.29, 0.717) is 0 Å². The van der Waals surface area contributed by atoms with Crippen molar-refractivity contribution in [1.29, 1.82) is 0 Å². The van der Waals surface area contributed by atoms with E-state index in [1.165, 1.54) is 13.2 Å². The van der Waals surface area contributed by atoms with Gasteiger partial charge in [0.1, 0.15) is 11.7 Å². The van der Waals surface area contributed by atoms with Crippen LogP contribution in [-0.4, -0.2) is 24.1 Å². The van der Waals surface area contributed by atoms with Crippen LogP contribution in [0.3, 0.4) is 0 Å². The number of ether oxygens (including phenoxy) is 1. The molecule has 20 heavy (non-hydrogen) atoms. The lowest BCUT2D eigenvalue weighted by molar-refractivity contribution is -0.144. The van der Waals surface area contributed by atoms with Crippen molar-refractivity contribution in [3.63, 3.8) is 0 Å². The summed E-state index contributed by atoms with van der Waals surface area (Å²) in [6, 6.07) is 2.96. The van der Waals surface area contributed by atoms with E-state index in [2.05, 4.69) is 4.74 Å². The molecule has 1 unspecified atom stereocenters. The summed E-state index contributed by atoms with van der Waals surface area (Å²) in [7, 11) is 1.21. The van der Waals surface area contributed by atoms with Crippen molar-refractivity contribution in [3.8, 4) is 5.75 Å². The van der Waals surface area contributed by atoms with E-state index >= 15 is 0 Å². The molecule has 0 saturated carbocycles. The van der Waals surface area contributed by atoms with Crippen molar-refractivity contribution in [2.75, 3.05) is 12.4 Å². The molecular weight excluding hydrogens is 279 g/mol. The van der Waals surface area contributed by atoms with Crippen LogP contribution in [0.4, 0.5) is 18.9 Å². The first-order valence-electron chi connectivity index (χ1n) is 5.45. The van der Waals surface area contributed by atoms with Crippen LogP contribution < -0.4 is 10.1 Å². The molecule has 0 saturated heterocycles. The Morgan fingerprint density at radius 3 is 2.40 bits per heavy atom. The second kappa shape index (κ2) is 5.81. The maximum atomic E-state index is 12.9. The predicted molar refractivity (Wildman–Crippen MR) is 63.4 cm³/mol. The van der Waals surface area contributed by atoms with E-state index in [0.717, 1.165) is 19.1 Å². The van der Waals surface area contributed by atoms with Gasteiger partial charge in [-0.2, -0.15) is 13.2 Å². The topological polar surface area (TPSA) is 75.6 Å². The number of carbonyl (C=O) groups excluding carboxylic acids is 1. The molecule has 0 aliphatic carbocycles. The number of halogens is 3. The highest BCUT2D eigenvalue weighted by atomic mass is 19.4. The Balaban J connectivity index is 3.12. The lowest BCUT2D eigenvalue weighted by Gasteiger charge is -2.16. The summed E-state index contributed by atoms with van der Waals surface area (Å²) < 4.78 is 43.2. The van der Waals surface area contributed by atoms with Gasteiger partial charge in [-0.1, -0.05) is 0 Å². The fourth-order valence-corrected chi connectivity index (χ4v) is 1.35. The third-order valence-electron chi connectivity index (χ3n) is 2.55. The summed E-state index contributed by atoms with van der Waals surface area (Å²) in [4.78, 5) is 22.1. The number of carboxylic acid groups (broad SMARTS) is 1. The first-order chi connectivity index (χ1) is 9.16. The average molecular weight is 291 g/mol. The van der Waals surface area contributed by atoms with Crippen LogP contribution in [0.15, 0.2) is 18.2 Å². The fraction of sp³-hybridized carbons (Fsp3) is 0.333. The van der Waals surface area contributed by atoms with E-state index in [1.807, 2.05) is 5.32 Å². The van der Waals surface area contributed by atoms with Crippen LogP contribution in [0.5, 0.6) is 5.75 Å². The molecule has 1 aromatic rings. The van der Waals surface area contributed by atoms with E-state index in [4.69, 9.17) is 5.11 Å². The number of anilines is 1. The zero-order valence-corrected chi connectivity index (χ0v) is 10.6. The Morgan fingerprint density at radius 1 is 1.35 bits per heavy atom. The van der Waals surface area contributed by atoms with E-state index in [9.17, 15) is 22.8 Å². The standard InChI is InChI=1S/C12H12F3NO4/c1-6(11(18)19)10(17)16-9-4-3-7(20-2)5-8(9)12(13,14)15/h3-6H,1-2H3,(H,16,17)(H,18,19). The van der Waals surface area contributed by atoms with Gasteiger partial charge < -0.3 is 15.2 Å². The van der Waals surface area contributed by atoms with Gasteiger partial charge in [0.05, 0.1) is 18.4 Å². The van der Waals surface area contributed by atoms with Gasteiger partial charge in [0, 0.05) is 0 Å². The van der Waals surface area contributed by atoms with Crippen molar-refractivity contribution in [2.45, 2.75) is 13.1 Å². The number of nitrogens with one attached hydrogen (secondary N) is 1. The predicted octanol–water partition coefficient (Wildman–Crippen LogP) is 2.37. The van der Waals surface area contributed by atoms with E-state index in [1.54, 1.807) is 0 Å². The zero-order chi connectivity index (χ0) is 15.5. The number of benzene rings is 1. The van der Waals surface area contributed by atoms with E-state index in [-0.39, 0.29) is 5.75 Å². The highest BCUT2D eigenvalue weighted by Gasteiger charge is 2.35. The summed E-state index contributed by atoms with van der Waals surface area (Å²) in [5.41, 5.74) is -1.63. The summed E-state index contributed by atoms with van der Waals surface area (Å²) in [5, 5.41) is 10.6. The molecule has 5 nitrogen and oxygen atoms in total. The second-order valence-corrected chi connectivity index (χ2v) is 3.96. The number of carbonyl (C=O) groups is 2. The molecule has 0 spiro atoms. The number of alkyl halides is 3. The lowest BCUT2D eigenvalue weighted by atomic mass is 10.1. The van der Waals surface area contributed by atoms with Crippen molar-refractivity contribution in [1.82, 2.24) is 0 Å². The number of carboxylic acids is 1. The highest BCUT2D eigenvalue weighted by Crippen LogP contribution is 2.37. The Labute approximate surface area is 112 Å². The molecule has 0 radical (unpaired) electrons. The minimum absolute atomic E-state index is 0.0263. The van der Waals surface area contributed by atoms with Crippen molar-refractivity contribution >= 4 is 17.6 Å². The van der Waals surface area contributed by atoms with Crippen LogP contribution in [0.25, 0.3) is 0 Å². The minimum atomic E-state index is -4.70. The number of amides is 1. The number of methoxy groups -OCH3 is 1. The third-order valence-corrected chi connectivity index (χ3v) is 2.55. The Kier molecular flexibility index (Phi) is 4.59. The summed E-state index contributed by atoms with van der Waals surface area (Å²) >= 11 is 0. The summed E-state index contributed by atoms with van der Waals surface area (Å²) in [6.45, 7) is 1.08. The largest absolute Gasteiger partial charge is 0.497 e. The number of aliphatic carboxylic acids is 1. The molecule has 1 rings (SSSR count). The molecule has 0 aromatic heterocycles. The maximum Gasteiger partial charge on any atom is 0.418 e. The van der Waals surface area contributed by atoms with Crippen LogP contribution in [0.1, 0.15) is 12.5 Å². The normalized spacial score (nSPS) is 12.7. The van der Waals surface area contributed by atoms with Gasteiger partial charge in [-0.15, -0.1) is 0 Å².